The summed E-state index contributed by atoms with van der Waals surface area (Å²) in [7, 11) is 0. The molecule has 0 spiro atoms. The van der Waals surface area contributed by atoms with Crippen LogP contribution in [0.15, 0.2) is 24.3 Å². The Hall–Kier alpha value is -1.83. The van der Waals surface area contributed by atoms with Gasteiger partial charge in [0.15, 0.2) is 0 Å². The topological polar surface area (TPSA) is 49.6 Å². The van der Waals surface area contributed by atoms with Gasteiger partial charge in [-0.3, -0.25) is 9.69 Å². The molecule has 1 heterocycles. The lowest BCUT2D eigenvalue weighted by atomic mass is 10.1. The summed E-state index contributed by atoms with van der Waals surface area (Å²) in [4.78, 5) is 17.0. The van der Waals surface area contributed by atoms with Crippen LogP contribution < -0.4 is 5.73 Å². The van der Waals surface area contributed by atoms with Gasteiger partial charge >= 0.3 is 0 Å². The molecule has 0 atom stereocenters. The van der Waals surface area contributed by atoms with E-state index in [2.05, 4.69) is 16.7 Å². The quantitative estimate of drug-likeness (QED) is 0.821. The van der Waals surface area contributed by atoms with E-state index in [9.17, 15) is 4.79 Å². The van der Waals surface area contributed by atoms with Crippen LogP contribution in [0.5, 0.6) is 0 Å². The highest BCUT2D eigenvalue weighted by molar-refractivity contribution is 5.94. The van der Waals surface area contributed by atoms with Crippen molar-refractivity contribution >= 4 is 5.91 Å². The molecule has 1 saturated carbocycles. The largest absolute Gasteiger partial charge is 0.336 e. The summed E-state index contributed by atoms with van der Waals surface area (Å²) >= 11 is 0. The van der Waals surface area contributed by atoms with Crippen LogP contribution in [0.1, 0.15) is 28.8 Å². The zero-order valence-electron chi connectivity index (χ0n) is 12.2. The van der Waals surface area contributed by atoms with E-state index in [-0.39, 0.29) is 5.91 Å². The van der Waals surface area contributed by atoms with Gasteiger partial charge in [0.2, 0.25) is 0 Å². The number of rotatable bonds is 2. The minimum atomic E-state index is 0.113. The van der Waals surface area contributed by atoms with E-state index < -0.39 is 0 Å². The van der Waals surface area contributed by atoms with Gasteiger partial charge in [0.25, 0.3) is 5.91 Å². The van der Waals surface area contributed by atoms with Gasteiger partial charge in [-0.15, -0.1) is 0 Å². The Morgan fingerprint density at radius 1 is 1.24 bits per heavy atom. The molecule has 2 fully saturated rings. The summed E-state index contributed by atoms with van der Waals surface area (Å²) in [5.74, 6) is 5.91. The summed E-state index contributed by atoms with van der Waals surface area (Å²) in [6.45, 7) is 4.00. The van der Waals surface area contributed by atoms with Crippen LogP contribution in [0.25, 0.3) is 0 Å². The predicted molar refractivity (Wildman–Crippen MR) is 82.9 cm³/mol. The third-order valence-corrected chi connectivity index (χ3v) is 4.11. The number of carbonyl (C=O) groups excluding carboxylic acids is 1. The number of hydrogen-bond acceptors (Lipinski definition) is 3. The summed E-state index contributed by atoms with van der Waals surface area (Å²) < 4.78 is 0. The first kappa shape index (κ1) is 14.1. The molecule has 3 rings (SSSR count). The van der Waals surface area contributed by atoms with Gasteiger partial charge in [0.1, 0.15) is 0 Å². The van der Waals surface area contributed by atoms with Crippen LogP contribution in [0, 0.1) is 11.8 Å². The molecule has 4 nitrogen and oxygen atoms in total. The third kappa shape index (κ3) is 3.44. The number of benzene rings is 1. The van der Waals surface area contributed by atoms with Crippen molar-refractivity contribution in [2.45, 2.75) is 18.9 Å². The number of amides is 1. The van der Waals surface area contributed by atoms with Gasteiger partial charge in [0, 0.05) is 43.3 Å². The molecule has 110 valence electrons. The molecular weight excluding hydrogens is 262 g/mol. The monoisotopic (exact) mass is 283 g/mol. The van der Waals surface area contributed by atoms with E-state index in [1.807, 2.05) is 29.2 Å². The molecule has 0 radical (unpaired) electrons. The number of carbonyl (C=O) groups is 1. The van der Waals surface area contributed by atoms with Crippen molar-refractivity contribution < 1.29 is 4.79 Å². The highest BCUT2D eigenvalue weighted by Gasteiger charge is 2.32. The van der Waals surface area contributed by atoms with E-state index >= 15 is 0 Å². The van der Waals surface area contributed by atoms with Gasteiger partial charge in [-0.05, 0) is 31.0 Å². The average Bonchev–Trinajstić information content (AvgIpc) is 3.37. The Bertz CT molecular complexity index is 575. The average molecular weight is 283 g/mol. The van der Waals surface area contributed by atoms with Crippen LogP contribution in [0.2, 0.25) is 0 Å². The highest BCUT2D eigenvalue weighted by atomic mass is 16.2. The fourth-order valence-electron chi connectivity index (χ4n) is 2.80. The third-order valence-electron chi connectivity index (χ3n) is 4.11. The molecule has 1 saturated heterocycles. The summed E-state index contributed by atoms with van der Waals surface area (Å²) in [5, 5.41) is 0. The fourth-order valence-corrected chi connectivity index (χ4v) is 2.80. The molecule has 1 aromatic carbocycles. The Morgan fingerprint density at radius 2 is 2.00 bits per heavy atom. The van der Waals surface area contributed by atoms with Crippen molar-refractivity contribution in [1.82, 2.24) is 9.80 Å². The van der Waals surface area contributed by atoms with E-state index in [4.69, 9.17) is 5.73 Å². The standard InChI is InChI=1S/C17H21N3O/c18-8-2-4-14-3-1-5-15(13-14)17(21)20-11-9-19(10-12-20)16-6-7-16/h1,3,5,13,16H,6-12,18H2. The maximum atomic E-state index is 12.6. The molecule has 2 aliphatic rings. The molecule has 1 aliphatic carbocycles. The van der Waals surface area contributed by atoms with Gasteiger partial charge < -0.3 is 10.6 Å². The van der Waals surface area contributed by atoms with Crippen LogP contribution in [-0.4, -0.2) is 54.5 Å². The van der Waals surface area contributed by atoms with Crippen molar-refractivity contribution in [2.75, 3.05) is 32.7 Å². The van der Waals surface area contributed by atoms with Gasteiger partial charge in [-0.1, -0.05) is 17.9 Å². The van der Waals surface area contributed by atoms with Crippen LogP contribution >= 0.6 is 0 Å². The number of hydrogen-bond donors (Lipinski definition) is 1. The Balaban J connectivity index is 1.64. The first-order valence-electron chi connectivity index (χ1n) is 7.60. The number of nitrogens with two attached hydrogens (primary N) is 1. The van der Waals surface area contributed by atoms with Crippen molar-refractivity contribution in [3.8, 4) is 11.8 Å². The number of piperazine rings is 1. The molecular formula is C17H21N3O. The van der Waals surface area contributed by atoms with E-state index in [1.165, 1.54) is 12.8 Å². The second kappa shape index (κ2) is 6.30. The molecule has 1 amide bonds. The molecule has 0 aromatic heterocycles. The summed E-state index contributed by atoms with van der Waals surface area (Å²) in [6.07, 6.45) is 2.66. The lowest BCUT2D eigenvalue weighted by Gasteiger charge is -2.34. The Labute approximate surface area is 125 Å². The molecule has 1 aromatic rings. The van der Waals surface area contributed by atoms with Crippen molar-refractivity contribution in [2.24, 2.45) is 5.73 Å². The van der Waals surface area contributed by atoms with Gasteiger partial charge in [-0.2, -0.15) is 0 Å². The minimum absolute atomic E-state index is 0.113. The molecule has 1 aliphatic heterocycles. The summed E-state index contributed by atoms with van der Waals surface area (Å²) in [6, 6.07) is 8.30. The molecule has 0 bridgehead atoms. The zero-order chi connectivity index (χ0) is 14.7. The second-order valence-corrected chi connectivity index (χ2v) is 5.65. The van der Waals surface area contributed by atoms with Crippen molar-refractivity contribution in [3.63, 3.8) is 0 Å². The van der Waals surface area contributed by atoms with E-state index in [1.54, 1.807) is 0 Å². The van der Waals surface area contributed by atoms with E-state index in [0.717, 1.165) is 43.3 Å². The van der Waals surface area contributed by atoms with Crippen LogP contribution in [-0.2, 0) is 0 Å². The molecule has 2 N–H and O–H groups in total. The number of nitrogens with zero attached hydrogens (tertiary/aromatic N) is 2. The summed E-state index contributed by atoms with van der Waals surface area (Å²) in [5.41, 5.74) is 6.95. The van der Waals surface area contributed by atoms with Gasteiger partial charge in [-0.25, -0.2) is 0 Å². The lowest BCUT2D eigenvalue weighted by molar-refractivity contribution is 0.0627. The van der Waals surface area contributed by atoms with Crippen molar-refractivity contribution in [3.05, 3.63) is 35.4 Å². The van der Waals surface area contributed by atoms with Crippen molar-refractivity contribution in [1.29, 1.82) is 0 Å². The lowest BCUT2D eigenvalue weighted by Crippen LogP contribution is -2.49. The highest BCUT2D eigenvalue weighted by Crippen LogP contribution is 2.27. The van der Waals surface area contributed by atoms with Crippen LogP contribution in [0.4, 0.5) is 0 Å². The predicted octanol–water partition coefficient (Wildman–Crippen LogP) is 0.917. The van der Waals surface area contributed by atoms with E-state index in [0.29, 0.717) is 6.54 Å². The minimum Gasteiger partial charge on any atom is -0.336 e. The molecule has 0 unspecified atom stereocenters. The van der Waals surface area contributed by atoms with Gasteiger partial charge in [0.05, 0.1) is 6.54 Å². The Kier molecular flexibility index (Phi) is 4.23. The Morgan fingerprint density at radius 3 is 2.67 bits per heavy atom. The molecule has 4 heteroatoms. The first-order chi connectivity index (χ1) is 10.3. The maximum absolute atomic E-state index is 12.6. The smallest absolute Gasteiger partial charge is 0.253 e. The second-order valence-electron chi connectivity index (χ2n) is 5.65. The normalized spacial score (nSPS) is 19.0. The maximum Gasteiger partial charge on any atom is 0.253 e. The van der Waals surface area contributed by atoms with Crippen LogP contribution in [0.3, 0.4) is 0 Å². The first-order valence-corrected chi connectivity index (χ1v) is 7.60. The fraction of sp³-hybridized carbons (Fsp3) is 0.471. The molecule has 21 heavy (non-hydrogen) atoms. The zero-order valence-corrected chi connectivity index (χ0v) is 12.2. The SMILES string of the molecule is NCC#Cc1cccc(C(=O)N2CCN(C3CC3)CC2)c1.